The highest BCUT2D eigenvalue weighted by atomic mass is 35.5. The highest BCUT2D eigenvalue weighted by molar-refractivity contribution is 6.33. The summed E-state index contributed by atoms with van der Waals surface area (Å²) >= 11 is 6.72. The first-order valence-electron chi connectivity index (χ1n) is 13.7. The minimum absolute atomic E-state index is 0.149. The molecule has 1 saturated carbocycles. The third kappa shape index (κ3) is 6.38. The van der Waals surface area contributed by atoms with Crippen LogP contribution in [-0.2, 0) is 4.74 Å². The zero-order valence-electron chi connectivity index (χ0n) is 23.8. The third-order valence-corrected chi connectivity index (χ3v) is 7.59. The smallest absolute Gasteiger partial charge is 0.163 e. The Morgan fingerprint density at radius 2 is 2.00 bits per heavy atom. The molecule has 0 unspecified atom stereocenters. The molecule has 0 saturated heterocycles. The van der Waals surface area contributed by atoms with Crippen molar-refractivity contribution >= 4 is 17.4 Å². The number of hydrogen-bond donors (Lipinski definition) is 2. The minimum atomic E-state index is -0.634. The summed E-state index contributed by atoms with van der Waals surface area (Å²) in [6.45, 7) is 12.1. The van der Waals surface area contributed by atoms with Crippen molar-refractivity contribution in [3.63, 3.8) is 0 Å². The van der Waals surface area contributed by atoms with Crippen molar-refractivity contribution in [2.24, 2.45) is 0 Å². The van der Waals surface area contributed by atoms with Gasteiger partial charge in [0, 0.05) is 30.8 Å². The van der Waals surface area contributed by atoms with E-state index < -0.39 is 6.10 Å². The molecule has 2 N–H and O–H groups in total. The molecule has 2 heterocycles. The fourth-order valence-corrected chi connectivity index (χ4v) is 5.64. The maximum absolute atomic E-state index is 10.1. The van der Waals surface area contributed by atoms with Crippen LogP contribution in [0.2, 0.25) is 5.02 Å². The van der Waals surface area contributed by atoms with Gasteiger partial charge in [-0.15, -0.1) is 0 Å². The van der Waals surface area contributed by atoms with Crippen LogP contribution < -0.4 is 15.0 Å². The molecule has 0 radical (unpaired) electrons. The number of aromatic nitrogens is 3. The van der Waals surface area contributed by atoms with Crippen LogP contribution in [0.4, 0.5) is 5.82 Å². The number of nitrogens with zero attached hydrogens (tertiary/aromatic N) is 4. The van der Waals surface area contributed by atoms with E-state index in [2.05, 4.69) is 29.2 Å². The molecule has 2 aromatic heterocycles. The molecule has 0 bridgehead atoms. The van der Waals surface area contributed by atoms with Gasteiger partial charge in [0.1, 0.15) is 30.0 Å². The Bertz CT molecular complexity index is 1250. The minimum Gasteiger partial charge on any atom is -0.491 e. The number of aryl methyl sites for hydroxylation is 2. The summed E-state index contributed by atoms with van der Waals surface area (Å²) in [5.74, 6) is 2.61. The number of benzene rings is 1. The Labute approximate surface area is 235 Å². The Kier molecular flexibility index (Phi) is 9.82. The maximum Gasteiger partial charge on any atom is 0.163 e. The van der Waals surface area contributed by atoms with E-state index in [1.807, 2.05) is 26.8 Å². The van der Waals surface area contributed by atoms with Crippen molar-refractivity contribution in [2.45, 2.75) is 72.1 Å². The molecule has 4 rings (SSSR count). The van der Waals surface area contributed by atoms with E-state index in [9.17, 15) is 5.11 Å². The van der Waals surface area contributed by atoms with Crippen LogP contribution in [0.5, 0.6) is 5.75 Å². The van der Waals surface area contributed by atoms with Crippen molar-refractivity contribution < 1.29 is 19.1 Å². The van der Waals surface area contributed by atoms with Crippen molar-refractivity contribution in [1.29, 1.82) is 0 Å². The molecule has 0 aliphatic heterocycles. The first-order valence-corrected chi connectivity index (χ1v) is 14.1. The van der Waals surface area contributed by atoms with Crippen LogP contribution in [0.25, 0.3) is 22.6 Å². The molecule has 3 aromatic rings. The number of likely N-dealkylation sites (N-methyl/N-ethyl adjacent to an activating group) is 2. The standard InChI is InChI=1S/C29H40ClN5O4/c1-7-35(24-10-9-11-25(24)37-8-2)29-17(3)27(26-18(4)34-39-19(26)5)32-28(33-29)22-14-21(12-13-23(22)30)38-16-20(36)15-31-6/h12-14,20,24-25,31,36H,7-11,15-16H2,1-6H3/t20-,24+,25-/m1/s1. The number of nitrogens with one attached hydrogen (secondary N) is 1. The van der Waals surface area contributed by atoms with E-state index in [0.717, 1.165) is 54.1 Å². The third-order valence-electron chi connectivity index (χ3n) is 7.26. The van der Waals surface area contributed by atoms with E-state index in [0.29, 0.717) is 41.1 Å². The summed E-state index contributed by atoms with van der Waals surface area (Å²) in [4.78, 5) is 12.5. The number of rotatable bonds is 12. The highest BCUT2D eigenvalue weighted by Gasteiger charge is 2.34. The lowest BCUT2D eigenvalue weighted by atomic mass is 10.0. The summed E-state index contributed by atoms with van der Waals surface area (Å²) in [5, 5.41) is 17.7. The lowest BCUT2D eigenvalue weighted by molar-refractivity contribution is 0.0555. The normalized spacial score (nSPS) is 17.9. The quantitative estimate of drug-likeness (QED) is 0.314. The molecule has 1 fully saturated rings. The van der Waals surface area contributed by atoms with Crippen molar-refractivity contribution in [2.75, 3.05) is 38.3 Å². The molecule has 10 heteroatoms. The van der Waals surface area contributed by atoms with Crippen LogP contribution in [-0.4, -0.2) is 71.8 Å². The molecule has 0 spiro atoms. The van der Waals surface area contributed by atoms with Gasteiger partial charge >= 0.3 is 0 Å². The van der Waals surface area contributed by atoms with E-state index in [1.54, 1.807) is 19.2 Å². The number of halogens is 1. The average molecular weight is 558 g/mol. The van der Waals surface area contributed by atoms with Crippen LogP contribution in [0.3, 0.4) is 0 Å². The fourth-order valence-electron chi connectivity index (χ4n) is 5.43. The van der Waals surface area contributed by atoms with Gasteiger partial charge in [-0.2, -0.15) is 0 Å². The molecule has 1 aliphatic carbocycles. The molecule has 0 amide bonds. The van der Waals surface area contributed by atoms with Gasteiger partial charge in [0.25, 0.3) is 0 Å². The summed E-state index contributed by atoms with van der Waals surface area (Å²) in [6.07, 6.45) is 2.71. The van der Waals surface area contributed by atoms with Gasteiger partial charge in [-0.25, -0.2) is 9.97 Å². The van der Waals surface area contributed by atoms with Gasteiger partial charge in [-0.05, 0) is 79.1 Å². The summed E-state index contributed by atoms with van der Waals surface area (Å²) in [6, 6.07) is 5.60. The summed E-state index contributed by atoms with van der Waals surface area (Å²) in [7, 11) is 1.79. The van der Waals surface area contributed by atoms with Gasteiger partial charge in [0.05, 0.1) is 34.1 Å². The molecule has 3 atom stereocenters. The van der Waals surface area contributed by atoms with Crippen molar-refractivity contribution in [3.05, 3.63) is 40.2 Å². The van der Waals surface area contributed by atoms with Crippen LogP contribution in [0, 0.1) is 20.8 Å². The lowest BCUT2D eigenvalue weighted by Crippen LogP contribution is -2.42. The fraction of sp³-hybridized carbons (Fsp3) is 0.552. The van der Waals surface area contributed by atoms with E-state index >= 15 is 0 Å². The maximum atomic E-state index is 10.1. The van der Waals surface area contributed by atoms with Gasteiger partial charge in [-0.3, -0.25) is 0 Å². The number of ether oxygens (including phenoxy) is 2. The number of aliphatic hydroxyl groups is 1. The second-order valence-electron chi connectivity index (χ2n) is 9.99. The predicted octanol–water partition coefficient (Wildman–Crippen LogP) is 5.12. The van der Waals surface area contributed by atoms with Crippen LogP contribution >= 0.6 is 11.6 Å². The zero-order chi connectivity index (χ0) is 28.1. The average Bonchev–Trinajstić information content (AvgIpc) is 3.51. The van der Waals surface area contributed by atoms with Gasteiger partial charge < -0.3 is 29.3 Å². The Morgan fingerprint density at radius 1 is 1.21 bits per heavy atom. The number of anilines is 1. The molecule has 1 aromatic carbocycles. The van der Waals surface area contributed by atoms with Gasteiger partial charge in [0.15, 0.2) is 5.82 Å². The zero-order valence-corrected chi connectivity index (χ0v) is 24.5. The highest BCUT2D eigenvalue weighted by Crippen LogP contribution is 2.39. The predicted molar refractivity (Wildman–Crippen MR) is 154 cm³/mol. The molecular formula is C29H40ClN5O4. The Morgan fingerprint density at radius 3 is 2.67 bits per heavy atom. The molecule has 39 heavy (non-hydrogen) atoms. The van der Waals surface area contributed by atoms with Gasteiger partial charge in [-0.1, -0.05) is 16.8 Å². The van der Waals surface area contributed by atoms with Crippen molar-refractivity contribution in [1.82, 2.24) is 20.4 Å². The number of hydrogen-bond acceptors (Lipinski definition) is 9. The lowest BCUT2D eigenvalue weighted by Gasteiger charge is -2.34. The summed E-state index contributed by atoms with van der Waals surface area (Å²) < 4.78 is 17.5. The SMILES string of the molecule is CCO[C@@H]1CCC[C@@H]1N(CC)c1nc(-c2cc(OC[C@H](O)CNC)ccc2Cl)nc(-c2c(C)noc2C)c1C. The second kappa shape index (κ2) is 13.1. The van der Waals surface area contributed by atoms with Crippen LogP contribution in [0.15, 0.2) is 22.7 Å². The van der Waals surface area contributed by atoms with Gasteiger partial charge in [0.2, 0.25) is 0 Å². The molecule has 212 valence electrons. The Balaban J connectivity index is 1.84. The largest absolute Gasteiger partial charge is 0.491 e. The Hall–Kier alpha value is -2.72. The van der Waals surface area contributed by atoms with E-state index in [4.69, 9.17) is 35.6 Å². The number of aliphatic hydroxyl groups excluding tert-OH is 1. The second-order valence-corrected chi connectivity index (χ2v) is 10.4. The topological polar surface area (TPSA) is 106 Å². The first-order chi connectivity index (χ1) is 18.8. The monoisotopic (exact) mass is 557 g/mol. The van der Waals surface area contributed by atoms with Crippen molar-refractivity contribution in [3.8, 4) is 28.4 Å². The molecular weight excluding hydrogens is 518 g/mol. The van der Waals surface area contributed by atoms with E-state index in [1.165, 1.54) is 0 Å². The molecule has 9 nitrogen and oxygen atoms in total. The summed E-state index contributed by atoms with van der Waals surface area (Å²) in [5.41, 5.74) is 4.00. The van der Waals surface area contributed by atoms with E-state index in [-0.39, 0.29) is 18.8 Å². The first kappa shape index (κ1) is 29.3. The molecule has 1 aliphatic rings. The van der Waals surface area contributed by atoms with Crippen LogP contribution in [0.1, 0.15) is 50.1 Å².